The molecule has 1 aromatic heterocycles. The molecular weight excluding hydrogens is 280 g/mol. The van der Waals surface area contributed by atoms with Gasteiger partial charge in [0.15, 0.2) is 0 Å². The summed E-state index contributed by atoms with van der Waals surface area (Å²) in [5.41, 5.74) is 0. The average Bonchev–Trinajstić information content (AvgIpc) is 3.11. The summed E-state index contributed by atoms with van der Waals surface area (Å²) in [6.45, 7) is 7.41. The van der Waals surface area contributed by atoms with Gasteiger partial charge in [0.05, 0.1) is 0 Å². The lowest BCUT2D eigenvalue weighted by Crippen LogP contribution is -2.54. The second-order valence-corrected chi connectivity index (χ2v) is 6.11. The molecule has 1 atom stereocenters. The Hall–Kier alpha value is -1.40. The molecule has 0 bridgehead atoms. The van der Waals surface area contributed by atoms with Crippen molar-refractivity contribution in [3.05, 3.63) is 18.5 Å². The number of hydrogen-bond acceptors (Lipinski definition) is 4. The Morgan fingerprint density at radius 2 is 2.00 bits per heavy atom. The van der Waals surface area contributed by atoms with Gasteiger partial charge in [0.2, 0.25) is 5.91 Å². The summed E-state index contributed by atoms with van der Waals surface area (Å²) < 4.78 is 7.22. The molecule has 3 heterocycles. The minimum atomic E-state index is -0.162. The van der Waals surface area contributed by atoms with Crippen LogP contribution < -0.4 is 0 Å². The second kappa shape index (κ2) is 7.24. The first-order valence-corrected chi connectivity index (χ1v) is 8.39. The third-order valence-electron chi connectivity index (χ3n) is 4.85. The monoisotopic (exact) mass is 306 g/mol. The zero-order valence-electron chi connectivity index (χ0n) is 13.4. The first-order chi connectivity index (χ1) is 10.8. The zero-order chi connectivity index (χ0) is 15.4. The van der Waals surface area contributed by atoms with E-state index in [1.807, 2.05) is 24.1 Å². The lowest BCUT2D eigenvalue weighted by molar-refractivity contribution is -0.137. The van der Waals surface area contributed by atoms with Crippen molar-refractivity contribution in [2.75, 3.05) is 39.4 Å². The quantitative estimate of drug-likeness (QED) is 0.837. The van der Waals surface area contributed by atoms with E-state index >= 15 is 0 Å². The topological polar surface area (TPSA) is 50.6 Å². The van der Waals surface area contributed by atoms with Crippen LogP contribution in [0.4, 0.5) is 0 Å². The summed E-state index contributed by atoms with van der Waals surface area (Å²) in [5.74, 6) is 0.206. The maximum atomic E-state index is 12.7. The molecule has 0 aliphatic carbocycles. The number of ether oxygens (including phenoxy) is 1. The van der Waals surface area contributed by atoms with E-state index < -0.39 is 0 Å². The van der Waals surface area contributed by atoms with Gasteiger partial charge in [-0.25, -0.2) is 0 Å². The first kappa shape index (κ1) is 15.5. The normalized spacial score (nSPS) is 22.7. The molecule has 2 aliphatic heterocycles. The average molecular weight is 306 g/mol. The molecule has 0 spiro atoms. The van der Waals surface area contributed by atoms with Crippen LogP contribution in [0.1, 0.15) is 32.2 Å². The Morgan fingerprint density at radius 3 is 2.59 bits per heavy atom. The van der Waals surface area contributed by atoms with E-state index in [-0.39, 0.29) is 11.9 Å². The minimum absolute atomic E-state index is 0.162. The second-order valence-electron chi connectivity index (χ2n) is 6.11. The van der Waals surface area contributed by atoms with Crippen LogP contribution in [0.25, 0.3) is 0 Å². The number of nitrogens with zero attached hydrogens (tertiary/aromatic N) is 4. The van der Waals surface area contributed by atoms with Crippen LogP contribution in [0.2, 0.25) is 0 Å². The van der Waals surface area contributed by atoms with E-state index in [4.69, 9.17) is 4.74 Å². The van der Waals surface area contributed by atoms with Crippen LogP contribution in [0.3, 0.4) is 0 Å². The molecule has 2 fully saturated rings. The Kier molecular flexibility index (Phi) is 5.10. The summed E-state index contributed by atoms with van der Waals surface area (Å²) in [4.78, 5) is 17.3. The molecule has 6 heteroatoms. The summed E-state index contributed by atoms with van der Waals surface area (Å²) in [7, 11) is 0. The number of carbonyl (C=O) groups is 1. The number of carbonyl (C=O) groups excluding carboxylic acids is 1. The smallest absolute Gasteiger partial charge is 0.247 e. The fourth-order valence-corrected chi connectivity index (χ4v) is 3.51. The fraction of sp³-hybridized carbons (Fsp3) is 0.750. The predicted molar refractivity (Wildman–Crippen MR) is 83.5 cm³/mol. The van der Waals surface area contributed by atoms with Crippen LogP contribution in [-0.2, 0) is 9.53 Å². The third kappa shape index (κ3) is 3.33. The largest absolute Gasteiger partial charge is 0.381 e. The standard InChI is InChI=1S/C16H26N4O2/c1-2-15(20-7-3-6-17-20)16(21)19-10-8-18(9-11-19)14-4-12-22-13-5-14/h3,6-7,14-15H,2,4-5,8-13H2,1H3/t15-/m0/s1. The lowest BCUT2D eigenvalue weighted by atomic mass is 10.1. The molecular formula is C16H26N4O2. The molecule has 22 heavy (non-hydrogen) atoms. The van der Waals surface area contributed by atoms with Crippen molar-refractivity contribution in [2.24, 2.45) is 0 Å². The minimum Gasteiger partial charge on any atom is -0.381 e. The first-order valence-electron chi connectivity index (χ1n) is 8.39. The van der Waals surface area contributed by atoms with Crippen molar-refractivity contribution in [3.8, 4) is 0 Å². The van der Waals surface area contributed by atoms with Crippen molar-refractivity contribution in [1.29, 1.82) is 0 Å². The van der Waals surface area contributed by atoms with Gasteiger partial charge in [0.1, 0.15) is 6.04 Å². The highest BCUT2D eigenvalue weighted by molar-refractivity contribution is 5.80. The van der Waals surface area contributed by atoms with Crippen molar-refractivity contribution in [2.45, 2.75) is 38.3 Å². The SMILES string of the molecule is CC[C@@H](C(=O)N1CCN(C2CCOCC2)CC1)n1cccn1. The maximum absolute atomic E-state index is 12.7. The molecule has 0 unspecified atom stereocenters. The number of aromatic nitrogens is 2. The summed E-state index contributed by atoms with van der Waals surface area (Å²) in [5, 5.41) is 4.24. The Labute approximate surface area is 132 Å². The van der Waals surface area contributed by atoms with Gasteiger partial charge < -0.3 is 9.64 Å². The Morgan fingerprint density at radius 1 is 1.27 bits per heavy atom. The summed E-state index contributed by atoms with van der Waals surface area (Å²) >= 11 is 0. The van der Waals surface area contributed by atoms with Crippen molar-refractivity contribution in [1.82, 2.24) is 19.6 Å². The van der Waals surface area contributed by atoms with Gasteiger partial charge in [-0.05, 0) is 25.3 Å². The number of amides is 1. The molecule has 6 nitrogen and oxygen atoms in total. The molecule has 0 radical (unpaired) electrons. The van der Waals surface area contributed by atoms with Gasteiger partial charge in [-0.2, -0.15) is 5.10 Å². The predicted octanol–water partition coefficient (Wildman–Crippen LogP) is 1.16. The molecule has 0 N–H and O–H groups in total. The highest BCUT2D eigenvalue weighted by atomic mass is 16.5. The molecule has 0 saturated carbocycles. The highest BCUT2D eigenvalue weighted by Gasteiger charge is 2.30. The van der Waals surface area contributed by atoms with Gasteiger partial charge in [0.25, 0.3) is 0 Å². The maximum Gasteiger partial charge on any atom is 0.247 e. The highest BCUT2D eigenvalue weighted by Crippen LogP contribution is 2.19. The fourth-order valence-electron chi connectivity index (χ4n) is 3.51. The van der Waals surface area contributed by atoms with Crippen molar-refractivity contribution >= 4 is 5.91 Å². The Bertz CT molecular complexity index is 463. The lowest BCUT2D eigenvalue weighted by Gasteiger charge is -2.41. The zero-order valence-corrected chi connectivity index (χ0v) is 13.4. The van der Waals surface area contributed by atoms with Crippen LogP contribution in [0.15, 0.2) is 18.5 Å². The van der Waals surface area contributed by atoms with E-state index in [0.717, 1.165) is 58.7 Å². The molecule has 2 saturated heterocycles. The van der Waals surface area contributed by atoms with Crippen molar-refractivity contribution in [3.63, 3.8) is 0 Å². The van der Waals surface area contributed by atoms with E-state index in [1.165, 1.54) is 0 Å². The Balaban J connectivity index is 1.55. The van der Waals surface area contributed by atoms with Gasteiger partial charge in [-0.15, -0.1) is 0 Å². The van der Waals surface area contributed by atoms with E-state index in [2.05, 4.69) is 10.00 Å². The van der Waals surface area contributed by atoms with Gasteiger partial charge >= 0.3 is 0 Å². The molecule has 1 amide bonds. The van der Waals surface area contributed by atoms with Gasteiger partial charge in [0, 0.05) is 57.8 Å². The molecule has 2 aliphatic rings. The van der Waals surface area contributed by atoms with Crippen LogP contribution in [0.5, 0.6) is 0 Å². The molecule has 122 valence electrons. The summed E-state index contributed by atoms with van der Waals surface area (Å²) in [6, 6.07) is 2.35. The molecule has 1 aromatic rings. The van der Waals surface area contributed by atoms with Crippen molar-refractivity contribution < 1.29 is 9.53 Å². The number of piperazine rings is 1. The molecule has 3 rings (SSSR count). The van der Waals surface area contributed by atoms with Gasteiger partial charge in [-0.3, -0.25) is 14.4 Å². The van der Waals surface area contributed by atoms with E-state index in [9.17, 15) is 4.79 Å². The van der Waals surface area contributed by atoms with Crippen LogP contribution in [-0.4, -0.2) is 70.9 Å². The van der Waals surface area contributed by atoms with Crippen LogP contribution in [0, 0.1) is 0 Å². The van der Waals surface area contributed by atoms with E-state index in [0.29, 0.717) is 6.04 Å². The number of hydrogen-bond donors (Lipinski definition) is 0. The molecule has 0 aromatic carbocycles. The number of rotatable bonds is 4. The van der Waals surface area contributed by atoms with Crippen LogP contribution >= 0.6 is 0 Å². The van der Waals surface area contributed by atoms with E-state index in [1.54, 1.807) is 10.9 Å². The summed E-state index contributed by atoms with van der Waals surface area (Å²) in [6.07, 6.45) is 6.64. The van der Waals surface area contributed by atoms with Gasteiger partial charge in [-0.1, -0.05) is 6.92 Å². The third-order valence-corrected chi connectivity index (χ3v) is 4.85.